The Morgan fingerprint density at radius 2 is 2.37 bits per heavy atom. The van der Waals surface area contributed by atoms with Crippen LogP contribution in [0.3, 0.4) is 0 Å². The van der Waals surface area contributed by atoms with Crippen LogP contribution in [0.15, 0.2) is 29.9 Å². The standard InChI is InChI=1S/C14H21N3S2/c1-11(10-18-3)9-16-13(12-5-4-8-19-12)14-15-6-7-17(14)2/h4-8,11,13,16H,9-10H2,1-3H3. The van der Waals surface area contributed by atoms with Crippen LogP contribution >= 0.6 is 23.1 Å². The molecule has 2 aromatic rings. The van der Waals surface area contributed by atoms with Crippen molar-refractivity contribution in [3.63, 3.8) is 0 Å². The molecule has 2 unspecified atom stereocenters. The van der Waals surface area contributed by atoms with Crippen molar-refractivity contribution in [2.75, 3.05) is 18.6 Å². The van der Waals surface area contributed by atoms with Gasteiger partial charge in [-0.05, 0) is 35.9 Å². The molecule has 19 heavy (non-hydrogen) atoms. The van der Waals surface area contributed by atoms with Gasteiger partial charge in [0.1, 0.15) is 11.9 Å². The molecule has 5 heteroatoms. The number of nitrogens with one attached hydrogen (secondary N) is 1. The third-order valence-corrected chi connectivity index (χ3v) is 4.91. The predicted octanol–water partition coefficient (Wildman–Crippen LogP) is 3.16. The highest BCUT2D eigenvalue weighted by molar-refractivity contribution is 7.98. The van der Waals surface area contributed by atoms with Gasteiger partial charge in [-0.25, -0.2) is 4.98 Å². The van der Waals surface area contributed by atoms with Crippen molar-refractivity contribution in [2.24, 2.45) is 13.0 Å². The molecule has 0 aliphatic carbocycles. The molecule has 1 N–H and O–H groups in total. The lowest BCUT2D eigenvalue weighted by molar-refractivity contribution is 0.500. The second-order valence-corrected chi connectivity index (χ2v) is 6.70. The fourth-order valence-corrected chi connectivity index (χ4v) is 3.58. The van der Waals surface area contributed by atoms with Crippen LogP contribution < -0.4 is 5.32 Å². The molecule has 0 spiro atoms. The highest BCUT2D eigenvalue weighted by Crippen LogP contribution is 2.24. The lowest BCUT2D eigenvalue weighted by atomic mass is 10.1. The number of aryl methyl sites for hydroxylation is 1. The van der Waals surface area contributed by atoms with Gasteiger partial charge in [0.25, 0.3) is 0 Å². The first-order valence-electron chi connectivity index (χ1n) is 6.45. The number of imidazole rings is 1. The minimum absolute atomic E-state index is 0.198. The van der Waals surface area contributed by atoms with E-state index in [2.05, 4.69) is 52.6 Å². The maximum atomic E-state index is 4.50. The van der Waals surface area contributed by atoms with Crippen molar-refractivity contribution in [3.8, 4) is 0 Å². The van der Waals surface area contributed by atoms with Crippen molar-refractivity contribution in [1.82, 2.24) is 14.9 Å². The van der Waals surface area contributed by atoms with Gasteiger partial charge in [0.2, 0.25) is 0 Å². The zero-order chi connectivity index (χ0) is 13.7. The van der Waals surface area contributed by atoms with Gasteiger partial charge in [0.15, 0.2) is 0 Å². The minimum atomic E-state index is 0.198. The zero-order valence-corrected chi connectivity index (χ0v) is 13.3. The normalized spacial score (nSPS) is 14.5. The molecular formula is C14H21N3S2. The maximum Gasteiger partial charge on any atom is 0.131 e. The lowest BCUT2D eigenvalue weighted by Gasteiger charge is -2.20. The number of hydrogen-bond acceptors (Lipinski definition) is 4. The maximum absolute atomic E-state index is 4.50. The van der Waals surface area contributed by atoms with Crippen molar-refractivity contribution in [3.05, 3.63) is 40.6 Å². The van der Waals surface area contributed by atoms with E-state index in [1.165, 1.54) is 10.6 Å². The Kier molecular flexibility index (Phi) is 5.48. The van der Waals surface area contributed by atoms with E-state index in [9.17, 15) is 0 Å². The fourth-order valence-electron chi connectivity index (χ4n) is 2.09. The SMILES string of the molecule is CSCC(C)CNC(c1cccs1)c1nccn1C. The molecule has 3 nitrogen and oxygen atoms in total. The number of thioether (sulfide) groups is 1. The van der Waals surface area contributed by atoms with E-state index in [0.29, 0.717) is 5.92 Å². The molecule has 0 fully saturated rings. The average molecular weight is 295 g/mol. The number of rotatable bonds is 7. The first-order valence-corrected chi connectivity index (χ1v) is 8.72. The largest absolute Gasteiger partial charge is 0.336 e. The fraction of sp³-hybridized carbons (Fsp3) is 0.500. The van der Waals surface area contributed by atoms with Gasteiger partial charge in [0, 0.05) is 24.3 Å². The van der Waals surface area contributed by atoms with Gasteiger partial charge in [0.05, 0.1) is 0 Å². The highest BCUT2D eigenvalue weighted by Gasteiger charge is 2.19. The summed E-state index contributed by atoms with van der Waals surface area (Å²) in [5.74, 6) is 2.93. The van der Waals surface area contributed by atoms with Crippen LogP contribution in [0.4, 0.5) is 0 Å². The molecule has 0 bridgehead atoms. The second kappa shape index (κ2) is 7.12. The van der Waals surface area contributed by atoms with E-state index in [1.807, 2.05) is 24.2 Å². The monoisotopic (exact) mass is 295 g/mol. The number of nitrogens with zero attached hydrogens (tertiary/aromatic N) is 2. The van der Waals surface area contributed by atoms with Gasteiger partial charge in [-0.1, -0.05) is 13.0 Å². The molecular weight excluding hydrogens is 274 g/mol. The first-order chi connectivity index (χ1) is 9.22. The zero-order valence-electron chi connectivity index (χ0n) is 11.7. The summed E-state index contributed by atoms with van der Waals surface area (Å²) in [4.78, 5) is 5.82. The average Bonchev–Trinajstić information content (AvgIpc) is 3.03. The Bertz CT molecular complexity index is 479. The number of hydrogen-bond donors (Lipinski definition) is 1. The Morgan fingerprint density at radius 1 is 1.53 bits per heavy atom. The summed E-state index contributed by atoms with van der Waals surface area (Å²) >= 11 is 3.68. The van der Waals surface area contributed by atoms with Gasteiger partial charge in [-0.2, -0.15) is 11.8 Å². The smallest absolute Gasteiger partial charge is 0.131 e. The molecule has 0 radical (unpaired) electrons. The van der Waals surface area contributed by atoms with E-state index in [1.54, 1.807) is 11.3 Å². The Morgan fingerprint density at radius 3 is 2.95 bits per heavy atom. The summed E-state index contributed by atoms with van der Waals surface area (Å²) in [6, 6.07) is 4.48. The summed E-state index contributed by atoms with van der Waals surface area (Å²) < 4.78 is 2.09. The molecule has 0 aliphatic heterocycles. The van der Waals surface area contributed by atoms with Gasteiger partial charge >= 0.3 is 0 Å². The predicted molar refractivity (Wildman–Crippen MR) is 84.9 cm³/mol. The van der Waals surface area contributed by atoms with E-state index >= 15 is 0 Å². The van der Waals surface area contributed by atoms with Crippen molar-refractivity contribution < 1.29 is 0 Å². The summed E-state index contributed by atoms with van der Waals surface area (Å²) in [5, 5.41) is 5.79. The van der Waals surface area contributed by atoms with Crippen LogP contribution in [-0.2, 0) is 7.05 Å². The number of aromatic nitrogens is 2. The van der Waals surface area contributed by atoms with Crippen molar-refractivity contribution in [1.29, 1.82) is 0 Å². The van der Waals surface area contributed by atoms with Crippen LogP contribution in [0, 0.1) is 5.92 Å². The summed E-state index contributed by atoms with van der Waals surface area (Å²) in [6.45, 7) is 3.30. The van der Waals surface area contributed by atoms with E-state index < -0.39 is 0 Å². The van der Waals surface area contributed by atoms with Crippen molar-refractivity contribution in [2.45, 2.75) is 13.0 Å². The van der Waals surface area contributed by atoms with Crippen LogP contribution in [0.5, 0.6) is 0 Å². The van der Waals surface area contributed by atoms with E-state index in [0.717, 1.165) is 12.4 Å². The molecule has 2 atom stereocenters. The van der Waals surface area contributed by atoms with Gasteiger partial charge < -0.3 is 9.88 Å². The van der Waals surface area contributed by atoms with Crippen molar-refractivity contribution >= 4 is 23.1 Å². The molecule has 0 saturated carbocycles. The quantitative estimate of drug-likeness (QED) is 0.851. The summed E-state index contributed by atoms with van der Waals surface area (Å²) in [7, 11) is 2.05. The van der Waals surface area contributed by atoms with Crippen LogP contribution in [-0.4, -0.2) is 28.1 Å². The lowest BCUT2D eigenvalue weighted by Crippen LogP contribution is -2.29. The molecule has 0 aliphatic rings. The first kappa shape index (κ1) is 14.6. The van der Waals surface area contributed by atoms with Crippen LogP contribution in [0.25, 0.3) is 0 Å². The molecule has 0 saturated heterocycles. The topological polar surface area (TPSA) is 29.9 Å². The molecule has 0 amide bonds. The summed E-state index contributed by atoms with van der Waals surface area (Å²) in [5.41, 5.74) is 0. The minimum Gasteiger partial charge on any atom is -0.336 e. The van der Waals surface area contributed by atoms with E-state index in [4.69, 9.17) is 0 Å². The molecule has 104 valence electrons. The third-order valence-electron chi connectivity index (χ3n) is 3.07. The third kappa shape index (κ3) is 3.84. The highest BCUT2D eigenvalue weighted by atomic mass is 32.2. The van der Waals surface area contributed by atoms with Gasteiger partial charge in [-0.3, -0.25) is 0 Å². The molecule has 2 rings (SSSR count). The summed E-state index contributed by atoms with van der Waals surface area (Å²) in [6.07, 6.45) is 6.03. The molecule has 2 aromatic heterocycles. The Hall–Kier alpha value is -0.780. The second-order valence-electron chi connectivity index (χ2n) is 4.81. The Labute approximate surface area is 123 Å². The molecule has 0 aromatic carbocycles. The Balaban J connectivity index is 2.10. The van der Waals surface area contributed by atoms with Crippen LogP contribution in [0.1, 0.15) is 23.7 Å². The number of thiophene rings is 1. The van der Waals surface area contributed by atoms with Gasteiger partial charge in [-0.15, -0.1) is 11.3 Å². The molecule has 2 heterocycles. The van der Waals surface area contributed by atoms with Crippen LogP contribution in [0.2, 0.25) is 0 Å². The van der Waals surface area contributed by atoms with E-state index in [-0.39, 0.29) is 6.04 Å².